The average Bonchev–Trinajstić information content (AvgIpc) is 3.35. The van der Waals surface area contributed by atoms with Crippen LogP contribution in [0, 0.1) is 0 Å². The zero-order valence-electron chi connectivity index (χ0n) is 18.7. The number of carbonyl (C=O) groups excluding carboxylic acids is 3. The minimum absolute atomic E-state index is 0.212. The van der Waals surface area contributed by atoms with Gasteiger partial charge in [0.15, 0.2) is 24.1 Å². The summed E-state index contributed by atoms with van der Waals surface area (Å²) in [4.78, 5) is 43.6. The van der Waals surface area contributed by atoms with E-state index in [4.69, 9.17) is 18.9 Å². The van der Waals surface area contributed by atoms with Crippen molar-refractivity contribution in [3.05, 3.63) is 42.9 Å². The van der Waals surface area contributed by atoms with E-state index in [9.17, 15) is 14.4 Å². The quantitative estimate of drug-likeness (QED) is 0.400. The first kappa shape index (κ1) is 23.1. The molecule has 3 heterocycles. The highest BCUT2D eigenvalue weighted by Gasteiger charge is 2.51. The lowest BCUT2D eigenvalue weighted by atomic mass is 10.1. The summed E-state index contributed by atoms with van der Waals surface area (Å²) in [5.74, 6) is -1.24. The molecule has 1 aromatic carbocycles. The Morgan fingerprint density at radius 3 is 2.38 bits per heavy atom. The van der Waals surface area contributed by atoms with Crippen molar-refractivity contribution in [2.24, 2.45) is 0 Å². The lowest BCUT2D eigenvalue weighted by molar-refractivity contribution is -0.166. The minimum Gasteiger partial charge on any atom is -0.463 e. The first-order valence-electron chi connectivity index (χ1n) is 10.5. The molecule has 34 heavy (non-hydrogen) atoms. The number of aromatic nitrogens is 4. The third kappa shape index (κ3) is 4.96. The van der Waals surface area contributed by atoms with E-state index in [1.807, 2.05) is 30.3 Å². The Bertz CT molecular complexity index is 1200. The molecule has 1 N–H and O–H groups in total. The second kappa shape index (κ2) is 9.83. The summed E-state index contributed by atoms with van der Waals surface area (Å²) in [7, 11) is 0. The number of hydrogen-bond donors (Lipinski definition) is 1. The molecule has 0 radical (unpaired) electrons. The number of nitrogens with zero attached hydrogens (tertiary/aromatic N) is 4. The third-order valence-electron chi connectivity index (χ3n) is 5.01. The van der Waals surface area contributed by atoms with Gasteiger partial charge in [-0.15, -0.1) is 0 Å². The van der Waals surface area contributed by atoms with E-state index >= 15 is 0 Å². The number of benzene rings is 1. The monoisotopic (exact) mass is 469 g/mol. The number of para-hydroxylation sites is 1. The topological polar surface area (TPSA) is 144 Å². The Balaban J connectivity index is 1.71. The van der Waals surface area contributed by atoms with Crippen LogP contribution in [-0.4, -0.2) is 62.6 Å². The molecule has 0 spiro atoms. The van der Waals surface area contributed by atoms with Gasteiger partial charge in [-0.2, -0.15) is 5.10 Å². The number of anilines is 2. The maximum Gasteiger partial charge on any atom is 0.303 e. The van der Waals surface area contributed by atoms with E-state index in [2.05, 4.69) is 20.4 Å². The molecular formula is C22H23N5O7. The first-order chi connectivity index (χ1) is 16.3. The molecule has 1 saturated heterocycles. The van der Waals surface area contributed by atoms with E-state index < -0.39 is 42.4 Å². The van der Waals surface area contributed by atoms with Crippen LogP contribution in [0.1, 0.15) is 27.0 Å². The lowest BCUT2D eigenvalue weighted by Crippen LogP contribution is -2.40. The van der Waals surface area contributed by atoms with Gasteiger partial charge in [0, 0.05) is 26.5 Å². The van der Waals surface area contributed by atoms with Gasteiger partial charge in [-0.05, 0) is 12.1 Å². The van der Waals surface area contributed by atoms with E-state index in [-0.39, 0.29) is 6.61 Å². The van der Waals surface area contributed by atoms with Crippen LogP contribution >= 0.6 is 0 Å². The first-order valence-corrected chi connectivity index (χ1v) is 10.5. The molecule has 4 rings (SSSR count). The van der Waals surface area contributed by atoms with Crippen LogP contribution in [0.5, 0.6) is 0 Å². The van der Waals surface area contributed by atoms with E-state index in [0.29, 0.717) is 16.9 Å². The molecule has 1 fully saturated rings. The van der Waals surface area contributed by atoms with E-state index in [1.54, 1.807) is 6.20 Å². The van der Waals surface area contributed by atoms with Crippen molar-refractivity contribution in [1.82, 2.24) is 19.7 Å². The highest BCUT2D eigenvalue weighted by Crippen LogP contribution is 2.36. The molecule has 0 bridgehead atoms. The van der Waals surface area contributed by atoms with Crippen LogP contribution in [0.3, 0.4) is 0 Å². The van der Waals surface area contributed by atoms with Crippen molar-refractivity contribution in [3.8, 4) is 0 Å². The van der Waals surface area contributed by atoms with Crippen LogP contribution in [0.2, 0.25) is 0 Å². The summed E-state index contributed by atoms with van der Waals surface area (Å²) in [6.07, 6.45) is -1.09. The zero-order valence-corrected chi connectivity index (χ0v) is 18.7. The Labute approximate surface area is 194 Å². The number of hydrogen-bond acceptors (Lipinski definition) is 11. The maximum atomic E-state index is 11.9. The fourth-order valence-electron chi connectivity index (χ4n) is 3.70. The predicted molar refractivity (Wildman–Crippen MR) is 117 cm³/mol. The van der Waals surface area contributed by atoms with Gasteiger partial charge in [-0.25, -0.2) is 14.6 Å². The maximum absolute atomic E-state index is 11.9. The van der Waals surface area contributed by atoms with Crippen LogP contribution < -0.4 is 5.32 Å². The summed E-state index contributed by atoms with van der Waals surface area (Å²) in [5, 5.41) is 8.19. The SMILES string of the molecule is CC(=O)OCC1OC(n2ncc3c(Nc4ccccc4)ncnc32)C(OC(C)=O)C1OC(C)=O. The fraction of sp³-hybridized carbons (Fsp3) is 0.364. The smallest absolute Gasteiger partial charge is 0.303 e. The molecule has 0 aliphatic carbocycles. The third-order valence-corrected chi connectivity index (χ3v) is 5.01. The molecule has 2 aromatic heterocycles. The summed E-state index contributed by atoms with van der Waals surface area (Å²) in [6.45, 7) is 3.48. The summed E-state index contributed by atoms with van der Waals surface area (Å²) >= 11 is 0. The number of rotatable bonds is 7. The minimum atomic E-state index is -1.06. The molecule has 0 amide bonds. The van der Waals surface area contributed by atoms with Gasteiger partial charge in [-0.3, -0.25) is 14.4 Å². The molecule has 12 nitrogen and oxygen atoms in total. The number of esters is 3. The van der Waals surface area contributed by atoms with Gasteiger partial charge in [0.1, 0.15) is 24.9 Å². The van der Waals surface area contributed by atoms with Crippen molar-refractivity contribution in [2.75, 3.05) is 11.9 Å². The van der Waals surface area contributed by atoms with Gasteiger partial charge in [0.25, 0.3) is 0 Å². The predicted octanol–water partition coefficient (Wildman–Crippen LogP) is 1.89. The second-order valence-electron chi connectivity index (χ2n) is 7.56. The summed E-state index contributed by atoms with van der Waals surface area (Å²) < 4.78 is 23.4. The Morgan fingerprint density at radius 2 is 1.71 bits per heavy atom. The van der Waals surface area contributed by atoms with E-state index in [1.165, 1.54) is 31.8 Å². The molecule has 178 valence electrons. The zero-order chi connectivity index (χ0) is 24.2. The Morgan fingerprint density at radius 1 is 1.00 bits per heavy atom. The molecule has 1 aliphatic heterocycles. The highest BCUT2D eigenvalue weighted by molar-refractivity contribution is 5.88. The molecule has 4 atom stereocenters. The van der Waals surface area contributed by atoms with Crippen LogP contribution in [0.15, 0.2) is 42.9 Å². The van der Waals surface area contributed by atoms with Gasteiger partial charge in [0.2, 0.25) is 0 Å². The van der Waals surface area contributed by atoms with Crippen LogP contribution in [0.4, 0.5) is 11.5 Å². The molecule has 4 unspecified atom stereocenters. The molecule has 0 saturated carbocycles. The largest absolute Gasteiger partial charge is 0.463 e. The number of nitrogens with one attached hydrogen (secondary N) is 1. The molecule has 1 aliphatic rings. The number of carbonyl (C=O) groups is 3. The van der Waals surface area contributed by atoms with Gasteiger partial charge in [0.05, 0.1) is 11.6 Å². The molecular weight excluding hydrogens is 446 g/mol. The Hall–Kier alpha value is -4.06. The molecule has 12 heteroatoms. The van der Waals surface area contributed by atoms with Crippen molar-refractivity contribution >= 4 is 40.4 Å². The van der Waals surface area contributed by atoms with Crippen molar-refractivity contribution < 1.29 is 33.3 Å². The summed E-state index contributed by atoms with van der Waals surface area (Å²) in [6, 6.07) is 9.45. The van der Waals surface area contributed by atoms with Crippen LogP contribution in [0.25, 0.3) is 11.0 Å². The van der Waals surface area contributed by atoms with Gasteiger partial charge < -0.3 is 24.3 Å². The van der Waals surface area contributed by atoms with Crippen LogP contribution in [-0.2, 0) is 33.3 Å². The second-order valence-corrected chi connectivity index (χ2v) is 7.56. The average molecular weight is 469 g/mol. The number of fused-ring (bicyclic) bond motifs is 1. The Kier molecular flexibility index (Phi) is 6.68. The summed E-state index contributed by atoms with van der Waals surface area (Å²) in [5.41, 5.74) is 1.21. The standard InChI is InChI=1S/C22H23N5O7/c1-12(28)31-10-17-18(32-13(2)29)19(33-14(3)30)22(34-17)27-21-16(9-25-27)20(23-11-24-21)26-15-7-5-4-6-8-15/h4-9,11,17-19,22H,10H2,1-3H3,(H,23,24,26). The van der Waals surface area contributed by atoms with Gasteiger partial charge >= 0.3 is 17.9 Å². The number of ether oxygens (including phenoxy) is 4. The van der Waals surface area contributed by atoms with Crippen molar-refractivity contribution in [3.63, 3.8) is 0 Å². The lowest BCUT2D eigenvalue weighted by Gasteiger charge is -2.23. The van der Waals surface area contributed by atoms with Crippen molar-refractivity contribution in [1.29, 1.82) is 0 Å². The fourth-order valence-corrected chi connectivity index (χ4v) is 3.70. The van der Waals surface area contributed by atoms with Gasteiger partial charge in [-0.1, -0.05) is 18.2 Å². The van der Waals surface area contributed by atoms with E-state index in [0.717, 1.165) is 5.69 Å². The molecule has 3 aromatic rings. The van der Waals surface area contributed by atoms with Crippen molar-refractivity contribution in [2.45, 2.75) is 45.3 Å². The normalized spacial score (nSPS) is 21.7. The highest BCUT2D eigenvalue weighted by atomic mass is 16.7.